The van der Waals surface area contributed by atoms with E-state index in [2.05, 4.69) is 43.5 Å². The summed E-state index contributed by atoms with van der Waals surface area (Å²) in [4.78, 5) is 0. The maximum atomic E-state index is 4.35. The molecule has 0 radical (unpaired) electrons. The van der Waals surface area contributed by atoms with Crippen molar-refractivity contribution < 1.29 is 0 Å². The van der Waals surface area contributed by atoms with Crippen molar-refractivity contribution in [1.29, 1.82) is 0 Å². The minimum absolute atomic E-state index is 0.580. The summed E-state index contributed by atoms with van der Waals surface area (Å²) >= 11 is 0. The predicted octanol–water partition coefficient (Wildman–Crippen LogP) is 3.44. The Morgan fingerprint density at radius 3 is 2.57 bits per heavy atom. The Hall–Kier alpha value is -0.790. The van der Waals surface area contributed by atoms with Crippen LogP contribution in [0.3, 0.4) is 0 Å². The summed E-state index contributed by atoms with van der Waals surface area (Å²) in [5.41, 5.74) is 1.36. The molecule has 0 spiro atoms. The number of aryl methyl sites for hydroxylation is 1. The van der Waals surface area contributed by atoms with Crippen molar-refractivity contribution in [3.05, 3.63) is 18.0 Å². The Kier molecular flexibility index (Phi) is 4.18. The van der Waals surface area contributed by atoms with E-state index in [-0.39, 0.29) is 0 Å². The van der Waals surface area contributed by atoms with E-state index in [1.165, 1.54) is 18.5 Å². The molecule has 0 N–H and O–H groups in total. The number of aromatic nitrogens is 2. The molecule has 0 atom stereocenters. The quantitative estimate of drug-likeness (QED) is 0.702. The highest BCUT2D eigenvalue weighted by Crippen LogP contribution is 2.14. The van der Waals surface area contributed by atoms with Crippen LogP contribution in [0.1, 0.15) is 52.1 Å². The zero-order chi connectivity index (χ0) is 10.6. The Morgan fingerprint density at radius 1 is 1.29 bits per heavy atom. The number of hydrogen-bond donors (Lipinski definition) is 0. The lowest BCUT2D eigenvalue weighted by Gasteiger charge is -2.10. The first-order chi connectivity index (χ1) is 6.61. The number of nitrogens with zero attached hydrogens (tertiary/aromatic N) is 2. The van der Waals surface area contributed by atoms with E-state index in [1.54, 1.807) is 0 Å². The predicted molar refractivity (Wildman–Crippen MR) is 60.4 cm³/mol. The topological polar surface area (TPSA) is 17.8 Å². The minimum atomic E-state index is 0.580. The third-order valence-corrected chi connectivity index (χ3v) is 2.49. The lowest BCUT2D eigenvalue weighted by atomic mass is 10.1. The first-order valence-electron chi connectivity index (χ1n) is 5.63. The maximum absolute atomic E-state index is 4.35. The Morgan fingerprint density at radius 2 is 2.00 bits per heavy atom. The fraction of sp³-hybridized carbons (Fsp3) is 0.750. The van der Waals surface area contributed by atoms with Crippen LogP contribution in [0.2, 0.25) is 0 Å². The van der Waals surface area contributed by atoms with Crippen LogP contribution in [0.5, 0.6) is 0 Å². The molecule has 0 fully saturated rings. The molecular weight excluding hydrogens is 172 g/mol. The average Bonchev–Trinajstić information content (AvgIpc) is 2.51. The van der Waals surface area contributed by atoms with Crippen molar-refractivity contribution in [3.63, 3.8) is 0 Å². The van der Waals surface area contributed by atoms with Crippen molar-refractivity contribution in [2.24, 2.45) is 5.92 Å². The maximum Gasteiger partial charge on any atom is 0.0492 e. The molecule has 2 heteroatoms. The van der Waals surface area contributed by atoms with Crippen molar-refractivity contribution in [2.45, 2.75) is 53.0 Å². The SMILES string of the molecule is CC(C)CCCn1nccc1C(C)C. The lowest BCUT2D eigenvalue weighted by Crippen LogP contribution is -2.07. The molecule has 1 aromatic heterocycles. The van der Waals surface area contributed by atoms with Gasteiger partial charge in [0, 0.05) is 18.4 Å². The smallest absolute Gasteiger partial charge is 0.0492 e. The van der Waals surface area contributed by atoms with Gasteiger partial charge in [-0.05, 0) is 30.7 Å². The first-order valence-corrected chi connectivity index (χ1v) is 5.63. The molecule has 0 saturated carbocycles. The molecule has 0 unspecified atom stereocenters. The first kappa shape index (κ1) is 11.3. The van der Waals surface area contributed by atoms with Crippen LogP contribution in [0, 0.1) is 5.92 Å². The van der Waals surface area contributed by atoms with Crippen LogP contribution in [0.15, 0.2) is 12.3 Å². The molecule has 0 aliphatic carbocycles. The van der Waals surface area contributed by atoms with Crippen molar-refractivity contribution >= 4 is 0 Å². The minimum Gasteiger partial charge on any atom is -0.269 e. The van der Waals surface area contributed by atoms with Crippen LogP contribution in [0.4, 0.5) is 0 Å². The van der Waals surface area contributed by atoms with Gasteiger partial charge in [0.1, 0.15) is 0 Å². The van der Waals surface area contributed by atoms with Gasteiger partial charge in [0.2, 0.25) is 0 Å². The highest BCUT2D eigenvalue weighted by molar-refractivity contribution is 5.05. The van der Waals surface area contributed by atoms with E-state index >= 15 is 0 Å². The molecule has 1 aromatic rings. The standard InChI is InChI=1S/C12H22N2/c1-10(2)6-5-9-14-12(11(3)4)7-8-13-14/h7-8,10-11H,5-6,9H2,1-4H3. The zero-order valence-corrected chi connectivity index (χ0v) is 9.83. The summed E-state index contributed by atoms with van der Waals surface area (Å²) < 4.78 is 2.15. The summed E-state index contributed by atoms with van der Waals surface area (Å²) in [5.74, 6) is 1.38. The van der Waals surface area contributed by atoms with Crippen LogP contribution in [0.25, 0.3) is 0 Å². The number of rotatable bonds is 5. The molecule has 0 aliphatic heterocycles. The molecule has 1 rings (SSSR count). The van der Waals surface area contributed by atoms with Gasteiger partial charge in [0.15, 0.2) is 0 Å². The monoisotopic (exact) mass is 194 g/mol. The van der Waals surface area contributed by atoms with E-state index < -0.39 is 0 Å². The van der Waals surface area contributed by atoms with Gasteiger partial charge in [0.25, 0.3) is 0 Å². The Balaban J connectivity index is 2.46. The summed E-state index contributed by atoms with van der Waals surface area (Å²) in [7, 11) is 0. The highest BCUT2D eigenvalue weighted by Gasteiger charge is 2.05. The van der Waals surface area contributed by atoms with Crippen molar-refractivity contribution in [3.8, 4) is 0 Å². The van der Waals surface area contributed by atoms with Crippen LogP contribution >= 0.6 is 0 Å². The second-order valence-corrected chi connectivity index (χ2v) is 4.67. The highest BCUT2D eigenvalue weighted by atomic mass is 15.3. The summed E-state index contributed by atoms with van der Waals surface area (Å²) in [6.45, 7) is 10.0. The van der Waals surface area contributed by atoms with E-state index in [0.29, 0.717) is 5.92 Å². The Labute approximate surface area is 87.3 Å². The van der Waals surface area contributed by atoms with Gasteiger partial charge in [0.05, 0.1) is 0 Å². The Bertz CT molecular complexity index is 261. The molecule has 80 valence electrons. The van der Waals surface area contributed by atoms with Gasteiger partial charge in [-0.3, -0.25) is 4.68 Å². The van der Waals surface area contributed by atoms with Crippen molar-refractivity contribution in [1.82, 2.24) is 9.78 Å². The fourth-order valence-corrected chi connectivity index (χ4v) is 1.67. The fourth-order valence-electron chi connectivity index (χ4n) is 1.67. The van der Waals surface area contributed by atoms with Gasteiger partial charge in [-0.25, -0.2) is 0 Å². The third kappa shape index (κ3) is 3.17. The molecule has 0 aliphatic rings. The second-order valence-electron chi connectivity index (χ2n) is 4.67. The summed E-state index contributed by atoms with van der Waals surface area (Å²) in [6.07, 6.45) is 4.43. The molecule has 2 nitrogen and oxygen atoms in total. The molecule has 0 saturated heterocycles. The normalized spacial score (nSPS) is 11.6. The van der Waals surface area contributed by atoms with Crippen molar-refractivity contribution in [2.75, 3.05) is 0 Å². The van der Waals surface area contributed by atoms with Gasteiger partial charge in [-0.2, -0.15) is 5.10 Å². The molecule has 1 heterocycles. The van der Waals surface area contributed by atoms with Gasteiger partial charge in [-0.15, -0.1) is 0 Å². The zero-order valence-electron chi connectivity index (χ0n) is 9.83. The summed E-state index contributed by atoms with van der Waals surface area (Å²) in [6, 6.07) is 2.13. The third-order valence-electron chi connectivity index (χ3n) is 2.49. The van der Waals surface area contributed by atoms with Gasteiger partial charge in [-0.1, -0.05) is 27.7 Å². The summed E-state index contributed by atoms with van der Waals surface area (Å²) in [5, 5.41) is 4.35. The van der Waals surface area contributed by atoms with Crippen LogP contribution < -0.4 is 0 Å². The molecular formula is C12H22N2. The molecule has 0 aromatic carbocycles. The average molecular weight is 194 g/mol. The molecule has 0 bridgehead atoms. The van der Waals surface area contributed by atoms with Crippen LogP contribution in [-0.4, -0.2) is 9.78 Å². The van der Waals surface area contributed by atoms with E-state index in [1.807, 2.05) is 6.20 Å². The molecule has 14 heavy (non-hydrogen) atoms. The number of hydrogen-bond acceptors (Lipinski definition) is 1. The lowest BCUT2D eigenvalue weighted by molar-refractivity contribution is 0.475. The second kappa shape index (κ2) is 5.18. The van der Waals surface area contributed by atoms with Gasteiger partial charge >= 0.3 is 0 Å². The van der Waals surface area contributed by atoms with Gasteiger partial charge < -0.3 is 0 Å². The molecule has 0 amide bonds. The van der Waals surface area contributed by atoms with E-state index in [0.717, 1.165) is 12.5 Å². The van der Waals surface area contributed by atoms with E-state index in [4.69, 9.17) is 0 Å². The van der Waals surface area contributed by atoms with E-state index in [9.17, 15) is 0 Å². The van der Waals surface area contributed by atoms with Crippen LogP contribution in [-0.2, 0) is 6.54 Å². The largest absolute Gasteiger partial charge is 0.269 e.